The lowest BCUT2D eigenvalue weighted by molar-refractivity contribution is 0.0524. The molecule has 0 aliphatic rings. The van der Waals surface area contributed by atoms with Crippen LogP contribution in [-0.4, -0.2) is 17.6 Å². The summed E-state index contributed by atoms with van der Waals surface area (Å²) in [6.07, 6.45) is 0.608. The van der Waals surface area contributed by atoms with Crippen molar-refractivity contribution in [3.05, 3.63) is 53.0 Å². The van der Waals surface area contributed by atoms with Crippen LogP contribution in [0.5, 0.6) is 0 Å². The largest absolute Gasteiger partial charge is 0.462 e. The summed E-state index contributed by atoms with van der Waals surface area (Å²) in [6, 6.07) is 8.06. The van der Waals surface area contributed by atoms with E-state index in [1.807, 2.05) is 19.9 Å². The summed E-state index contributed by atoms with van der Waals surface area (Å²) in [5, 5.41) is 0. The van der Waals surface area contributed by atoms with Gasteiger partial charge in [0.05, 0.1) is 23.6 Å². The molecule has 0 bridgehead atoms. The summed E-state index contributed by atoms with van der Waals surface area (Å²) >= 11 is 0. The second-order valence-electron chi connectivity index (χ2n) is 4.73. The van der Waals surface area contributed by atoms with Gasteiger partial charge in [-0.2, -0.15) is 0 Å². The van der Waals surface area contributed by atoms with Crippen LogP contribution in [0.25, 0.3) is 11.3 Å². The number of pyridine rings is 1. The number of benzene rings is 1. The number of hydrogen-bond acceptors (Lipinski definition) is 3. The molecule has 2 rings (SSSR count). The van der Waals surface area contributed by atoms with Crippen LogP contribution < -0.4 is 0 Å². The van der Waals surface area contributed by atoms with Crippen molar-refractivity contribution in [2.24, 2.45) is 0 Å². The fraction of sp³-hybridized carbons (Fsp3) is 0.294. The molecule has 0 aliphatic heterocycles. The van der Waals surface area contributed by atoms with Crippen LogP contribution in [-0.2, 0) is 11.2 Å². The molecule has 0 saturated heterocycles. The SMILES string of the molecule is CCOC(=O)c1cc(C)c(-c2cccc(F)c2)nc1CC. The molecule has 0 saturated carbocycles. The molecule has 21 heavy (non-hydrogen) atoms. The van der Waals surface area contributed by atoms with Gasteiger partial charge in [-0.15, -0.1) is 0 Å². The lowest BCUT2D eigenvalue weighted by Gasteiger charge is -2.12. The average molecular weight is 287 g/mol. The second-order valence-corrected chi connectivity index (χ2v) is 4.73. The maximum atomic E-state index is 13.4. The molecular formula is C17H18FNO2. The second kappa shape index (κ2) is 6.48. The topological polar surface area (TPSA) is 39.2 Å². The Balaban J connectivity index is 2.53. The van der Waals surface area contributed by atoms with Gasteiger partial charge in [0.2, 0.25) is 0 Å². The van der Waals surface area contributed by atoms with Crippen molar-refractivity contribution >= 4 is 5.97 Å². The summed E-state index contributed by atoms with van der Waals surface area (Å²) in [5.74, 6) is -0.669. The highest BCUT2D eigenvalue weighted by Crippen LogP contribution is 2.25. The number of aromatic nitrogens is 1. The first kappa shape index (κ1) is 15.2. The third-order valence-electron chi connectivity index (χ3n) is 3.22. The number of ether oxygens (including phenoxy) is 1. The van der Waals surface area contributed by atoms with E-state index in [-0.39, 0.29) is 11.8 Å². The van der Waals surface area contributed by atoms with Gasteiger partial charge in [-0.05, 0) is 44.0 Å². The Hall–Kier alpha value is -2.23. The minimum absolute atomic E-state index is 0.304. The summed E-state index contributed by atoms with van der Waals surface area (Å²) in [7, 11) is 0. The van der Waals surface area contributed by atoms with Crippen LogP contribution in [0.3, 0.4) is 0 Å². The predicted molar refractivity (Wildman–Crippen MR) is 79.7 cm³/mol. The van der Waals surface area contributed by atoms with E-state index in [4.69, 9.17) is 4.74 Å². The Kier molecular flexibility index (Phi) is 4.68. The Morgan fingerprint density at radius 2 is 2.05 bits per heavy atom. The lowest BCUT2D eigenvalue weighted by Crippen LogP contribution is -2.11. The molecule has 4 heteroatoms. The van der Waals surface area contributed by atoms with Crippen LogP contribution in [0.4, 0.5) is 4.39 Å². The number of carbonyl (C=O) groups excluding carboxylic acids is 1. The van der Waals surface area contributed by atoms with Gasteiger partial charge in [0, 0.05) is 5.56 Å². The van der Waals surface area contributed by atoms with Crippen molar-refractivity contribution in [2.45, 2.75) is 27.2 Å². The molecule has 0 spiro atoms. The van der Waals surface area contributed by atoms with Crippen molar-refractivity contribution in [1.29, 1.82) is 0 Å². The Bertz CT molecular complexity index is 668. The average Bonchev–Trinajstić information content (AvgIpc) is 2.47. The molecule has 0 N–H and O–H groups in total. The Morgan fingerprint density at radius 1 is 1.29 bits per heavy atom. The standard InChI is InChI=1S/C17H18FNO2/c1-4-15-14(17(20)21-5-2)9-11(3)16(19-15)12-7-6-8-13(18)10-12/h6-10H,4-5H2,1-3H3. The first-order chi connectivity index (χ1) is 10.1. The number of nitrogens with zero attached hydrogens (tertiary/aromatic N) is 1. The summed E-state index contributed by atoms with van der Waals surface area (Å²) < 4.78 is 18.4. The van der Waals surface area contributed by atoms with Crippen LogP contribution in [0.15, 0.2) is 30.3 Å². The van der Waals surface area contributed by atoms with Crippen molar-refractivity contribution in [2.75, 3.05) is 6.61 Å². The first-order valence-corrected chi connectivity index (χ1v) is 7.00. The quantitative estimate of drug-likeness (QED) is 0.800. The molecular weight excluding hydrogens is 269 g/mol. The van der Waals surface area contributed by atoms with E-state index >= 15 is 0 Å². The van der Waals surface area contributed by atoms with Gasteiger partial charge in [-0.25, -0.2) is 9.18 Å². The van der Waals surface area contributed by atoms with Gasteiger partial charge in [0.15, 0.2) is 0 Å². The van der Waals surface area contributed by atoms with E-state index in [0.29, 0.717) is 35.5 Å². The Labute approximate surface area is 123 Å². The van der Waals surface area contributed by atoms with Crippen molar-refractivity contribution in [1.82, 2.24) is 4.98 Å². The van der Waals surface area contributed by atoms with Crippen LogP contribution >= 0.6 is 0 Å². The number of rotatable bonds is 4. The van der Waals surface area contributed by atoms with Gasteiger partial charge in [-0.3, -0.25) is 4.98 Å². The highest BCUT2D eigenvalue weighted by atomic mass is 19.1. The van der Waals surface area contributed by atoms with E-state index < -0.39 is 0 Å². The predicted octanol–water partition coefficient (Wildman–Crippen LogP) is 3.94. The molecule has 110 valence electrons. The smallest absolute Gasteiger partial charge is 0.339 e. The van der Waals surface area contributed by atoms with E-state index in [1.165, 1.54) is 12.1 Å². The normalized spacial score (nSPS) is 10.5. The molecule has 2 aromatic rings. The molecule has 1 aromatic heterocycles. The molecule has 1 aromatic carbocycles. The molecule has 1 heterocycles. The fourth-order valence-corrected chi connectivity index (χ4v) is 2.23. The highest BCUT2D eigenvalue weighted by molar-refractivity contribution is 5.91. The van der Waals surface area contributed by atoms with Gasteiger partial charge in [0.25, 0.3) is 0 Å². The molecule has 0 amide bonds. The molecule has 0 atom stereocenters. The van der Waals surface area contributed by atoms with Crippen LogP contribution in [0, 0.1) is 12.7 Å². The van der Waals surface area contributed by atoms with Crippen molar-refractivity contribution in [3.63, 3.8) is 0 Å². The van der Waals surface area contributed by atoms with Crippen LogP contribution in [0.2, 0.25) is 0 Å². The third-order valence-corrected chi connectivity index (χ3v) is 3.22. The zero-order chi connectivity index (χ0) is 15.4. The van der Waals surface area contributed by atoms with Gasteiger partial charge in [0.1, 0.15) is 5.82 Å². The van der Waals surface area contributed by atoms with Crippen LogP contribution in [0.1, 0.15) is 35.5 Å². The highest BCUT2D eigenvalue weighted by Gasteiger charge is 2.16. The first-order valence-electron chi connectivity index (χ1n) is 7.00. The lowest BCUT2D eigenvalue weighted by atomic mass is 10.0. The molecule has 0 radical (unpaired) electrons. The zero-order valence-electron chi connectivity index (χ0n) is 12.4. The van der Waals surface area contributed by atoms with Gasteiger partial charge >= 0.3 is 5.97 Å². The van der Waals surface area contributed by atoms with E-state index in [2.05, 4.69) is 4.98 Å². The number of halogens is 1. The summed E-state index contributed by atoms with van der Waals surface area (Å²) in [6.45, 7) is 5.88. The number of esters is 1. The third kappa shape index (κ3) is 3.27. The van der Waals surface area contributed by atoms with E-state index in [1.54, 1.807) is 19.1 Å². The summed E-state index contributed by atoms with van der Waals surface area (Å²) in [4.78, 5) is 16.5. The van der Waals surface area contributed by atoms with E-state index in [9.17, 15) is 9.18 Å². The molecule has 0 unspecified atom stereocenters. The minimum Gasteiger partial charge on any atom is -0.462 e. The zero-order valence-corrected chi connectivity index (χ0v) is 12.4. The van der Waals surface area contributed by atoms with E-state index in [0.717, 1.165) is 5.56 Å². The maximum absolute atomic E-state index is 13.4. The molecule has 0 fully saturated rings. The Morgan fingerprint density at radius 3 is 2.67 bits per heavy atom. The molecule has 0 aliphatic carbocycles. The minimum atomic E-state index is -0.365. The monoisotopic (exact) mass is 287 g/mol. The number of hydrogen-bond donors (Lipinski definition) is 0. The molecule has 3 nitrogen and oxygen atoms in total. The number of aryl methyl sites for hydroxylation is 2. The van der Waals surface area contributed by atoms with Crippen molar-refractivity contribution in [3.8, 4) is 11.3 Å². The van der Waals surface area contributed by atoms with Crippen molar-refractivity contribution < 1.29 is 13.9 Å². The number of carbonyl (C=O) groups is 1. The van der Waals surface area contributed by atoms with Gasteiger partial charge < -0.3 is 4.74 Å². The summed E-state index contributed by atoms with van der Waals surface area (Å²) in [5.41, 5.74) is 3.37. The maximum Gasteiger partial charge on any atom is 0.339 e. The van der Waals surface area contributed by atoms with Gasteiger partial charge in [-0.1, -0.05) is 19.1 Å². The fourth-order valence-electron chi connectivity index (χ4n) is 2.23.